The molecule has 1 rings (SSSR count). The molecule has 0 amide bonds. The fourth-order valence-corrected chi connectivity index (χ4v) is 3.36. The minimum absolute atomic E-state index is 0.135. The maximum atomic E-state index is 11.8. The topological polar surface area (TPSA) is 57.5 Å². The van der Waals surface area contributed by atoms with Crippen molar-refractivity contribution in [2.24, 2.45) is 0 Å². The van der Waals surface area contributed by atoms with Gasteiger partial charge in [-0.2, -0.15) is 0 Å². The predicted octanol–water partition coefficient (Wildman–Crippen LogP) is 3.39. The lowest BCUT2D eigenvalue weighted by atomic mass is 9.79. The van der Waals surface area contributed by atoms with Gasteiger partial charge in [0, 0.05) is 0 Å². The van der Waals surface area contributed by atoms with Gasteiger partial charge in [-0.05, 0) is 40.5 Å². The third-order valence-corrected chi connectivity index (χ3v) is 4.27. The van der Waals surface area contributed by atoms with Crippen molar-refractivity contribution in [2.45, 2.75) is 59.3 Å². The molecule has 1 aromatic rings. The summed E-state index contributed by atoms with van der Waals surface area (Å²) in [6.07, 6.45) is 0. The Hall–Kier alpha value is -0.630. The minimum atomic E-state index is -4.27. The quantitative estimate of drug-likeness (QED) is 0.777. The van der Waals surface area contributed by atoms with E-state index in [1.165, 1.54) is 0 Å². The molecule has 0 unspecified atom stereocenters. The minimum Gasteiger partial charge on any atom is -0.321 e. The van der Waals surface area contributed by atoms with Crippen LogP contribution in [0.5, 0.6) is 0 Å². The Balaban J connectivity index is 3.71. The SMILES string of the molecule is Cc1cc(C(C)(C)C)c(P(=O)(O)O)cc1C(C)(C)C. The summed E-state index contributed by atoms with van der Waals surface area (Å²) in [6.45, 7) is 14.1. The Morgan fingerprint density at radius 2 is 1.32 bits per heavy atom. The summed E-state index contributed by atoms with van der Waals surface area (Å²) < 4.78 is 11.8. The molecule has 2 N–H and O–H groups in total. The maximum Gasteiger partial charge on any atom is 0.356 e. The van der Waals surface area contributed by atoms with Gasteiger partial charge in [-0.25, -0.2) is 0 Å². The maximum absolute atomic E-state index is 11.8. The zero-order chi connectivity index (χ0) is 15.2. The molecule has 0 aliphatic carbocycles. The molecule has 0 fully saturated rings. The van der Waals surface area contributed by atoms with Gasteiger partial charge in [-0.1, -0.05) is 47.6 Å². The first-order valence-corrected chi connectivity index (χ1v) is 8.07. The molecule has 1 aromatic carbocycles. The van der Waals surface area contributed by atoms with Gasteiger partial charge >= 0.3 is 7.60 Å². The normalized spacial score (nSPS) is 13.7. The van der Waals surface area contributed by atoms with Gasteiger partial charge in [0.25, 0.3) is 0 Å². The summed E-state index contributed by atoms with van der Waals surface area (Å²) in [4.78, 5) is 19.3. The van der Waals surface area contributed by atoms with E-state index in [2.05, 4.69) is 20.8 Å². The van der Waals surface area contributed by atoms with Gasteiger partial charge in [0.15, 0.2) is 0 Å². The van der Waals surface area contributed by atoms with Gasteiger partial charge in [-0.3, -0.25) is 4.57 Å². The summed E-state index contributed by atoms with van der Waals surface area (Å²) in [5, 5.41) is 0.163. The highest BCUT2D eigenvalue weighted by molar-refractivity contribution is 7.60. The third-order valence-electron chi connectivity index (χ3n) is 3.27. The Morgan fingerprint density at radius 3 is 1.63 bits per heavy atom. The van der Waals surface area contributed by atoms with Crippen molar-refractivity contribution in [3.8, 4) is 0 Å². The van der Waals surface area contributed by atoms with Crippen molar-refractivity contribution in [1.29, 1.82) is 0 Å². The van der Waals surface area contributed by atoms with E-state index in [1.54, 1.807) is 6.07 Å². The molecule has 0 aliphatic rings. The van der Waals surface area contributed by atoms with Crippen molar-refractivity contribution < 1.29 is 14.4 Å². The molecule has 0 saturated carbocycles. The standard InChI is InChI=1S/C15H25O3P/c1-10-8-12(15(5,6)7)13(19(16,17)18)9-11(10)14(2,3)4/h8-9H,1-7H3,(H2,16,17,18). The second kappa shape index (κ2) is 4.73. The van der Waals surface area contributed by atoms with Crippen molar-refractivity contribution in [3.63, 3.8) is 0 Å². The van der Waals surface area contributed by atoms with Gasteiger partial charge < -0.3 is 9.79 Å². The summed E-state index contributed by atoms with van der Waals surface area (Å²) in [6, 6.07) is 3.62. The Kier molecular flexibility index (Phi) is 4.09. The van der Waals surface area contributed by atoms with E-state index in [4.69, 9.17) is 0 Å². The van der Waals surface area contributed by atoms with Crippen LogP contribution in [0.3, 0.4) is 0 Å². The number of hydrogen-bond acceptors (Lipinski definition) is 1. The van der Waals surface area contributed by atoms with Gasteiger partial charge in [0.1, 0.15) is 0 Å². The first-order valence-electron chi connectivity index (χ1n) is 6.46. The van der Waals surface area contributed by atoms with Crippen LogP contribution in [0.4, 0.5) is 0 Å². The molecule has 0 aromatic heterocycles. The number of aryl methyl sites for hydroxylation is 1. The van der Waals surface area contributed by atoms with E-state index in [9.17, 15) is 14.4 Å². The first kappa shape index (κ1) is 16.4. The lowest BCUT2D eigenvalue weighted by molar-refractivity contribution is 0.386. The molecule has 0 heterocycles. The van der Waals surface area contributed by atoms with E-state index >= 15 is 0 Å². The zero-order valence-corrected chi connectivity index (χ0v) is 13.8. The van der Waals surface area contributed by atoms with Crippen molar-refractivity contribution in [1.82, 2.24) is 0 Å². The highest BCUT2D eigenvalue weighted by Gasteiger charge is 2.30. The van der Waals surface area contributed by atoms with Gasteiger partial charge in [-0.15, -0.1) is 0 Å². The van der Waals surface area contributed by atoms with Crippen LogP contribution in [0.25, 0.3) is 0 Å². The van der Waals surface area contributed by atoms with E-state index in [-0.39, 0.29) is 16.1 Å². The molecular weight excluding hydrogens is 259 g/mol. The highest BCUT2D eigenvalue weighted by Crippen LogP contribution is 2.40. The van der Waals surface area contributed by atoms with Crippen LogP contribution in [-0.2, 0) is 15.4 Å². The molecule has 4 heteroatoms. The largest absolute Gasteiger partial charge is 0.356 e. The molecule has 0 atom stereocenters. The summed E-state index contributed by atoms with van der Waals surface area (Å²) >= 11 is 0. The molecule has 0 radical (unpaired) electrons. The van der Waals surface area contributed by atoms with E-state index < -0.39 is 7.60 Å². The fraction of sp³-hybridized carbons (Fsp3) is 0.600. The Bertz CT molecular complexity index is 528. The Labute approximate surface area is 116 Å². The number of benzene rings is 1. The smallest absolute Gasteiger partial charge is 0.321 e. The van der Waals surface area contributed by atoms with Gasteiger partial charge in [0.2, 0.25) is 0 Å². The average Bonchev–Trinajstić information content (AvgIpc) is 2.11. The molecular formula is C15H25O3P. The molecule has 3 nitrogen and oxygen atoms in total. The lowest BCUT2D eigenvalue weighted by Crippen LogP contribution is -2.26. The monoisotopic (exact) mass is 284 g/mol. The van der Waals surface area contributed by atoms with Crippen molar-refractivity contribution >= 4 is 12.9 Å². The predicted molar refractivity (Wildman–Crippen MR) is 80.3 cm³/mol. The van der Waals surface area contributed by atoms with Crippen LogP contribution >= 0.6 is 7.60 Å². The summed E-state index contributed by atoms with van der Waals surface area (Å²) in [5.41, 5.74) is 2.36. The van der Waals surface area contributed by atoms with Crippen LogP contribution in [0.1, 0.15) is 58.2 Å². The van der Waals surface area contributed by atoms with Crippen LogP contribution in [0.15, 0.2) is 12.1 Å². The van der Waals surface area contributed by atoms with E-state index in [1.807, 2.05) is 33.8 Å². The Morgan fingerprint density at radius 1 is 0.895 bits per heavy atom. The molecule has 0 spiro atoms. The van der Waals surface area contributed by atoms with Crippen LogP contribution in [-0.4, -0.2) is 9.79 Å². The van der Waals surface area contributed by atoms with Crippen molar-refractivity contribution in [2.75, 3.05) is 0 Å². The van der Waals surface area contributed by atoms with Crippen LogP contribution < -0.4 is 5.30 Å². The molecule has 0 bridgehead atoms. The second-order valence-electron chi connectivity index (χ2n) is 7.23. The van der Waals surface area contributed by atoms with Crippen molar-refractivity contribution in [3.05, 3.63) is 28.8 Å². The van der Waals surface area contributed by atoms with E-state index in [0.717, 1.165) is 16.7 Å². The highest BCUT2D eigenvalue weighted by atomic mass is 31.2. The summed E-state index contributed by atoms with van der Waals surface area (Å²) in [7, 11) is -4.27. The summed E-state index contributed by atoms with van der Waals surface area (Å²) in [5.74, 6) is 0. The molecule has 108 valence electrons. The first-order chi connectivity index (χ1) is 8.24. The zero-order valence-electron chi connectivity index (χ0n) is 12.9. The third kappa shape index (κ3) is 3.68. The van der Waals surface area contributed by atoms with Crippen LogP contribution in [0.2, 0.25) is 0 Å². The average molecular weight is 284 g/mol. The number of hydrogen-bond donors (Lipinski definition) is 2. The van der Waals surface area contributed by atoms with E-state index in [0.29, 0.717) is 0 Å². The molecule has 0 aliphatic heterocycles. The fourth-order valence-electron chi connectivity index (χ4n) is 2.35. The molecule has 0 saturated heterocycles. The lowest BCUT2D eigenvalue weighted by Gasteiger charge is -2.29. The second-order valence-corrected chi connectivity index (χ2v) is 8.80. The molecule has 19 heavy (non-hydrogen) atoms. The number of rotatable bonds is 1. The van der Waals surface area contributed by atoms with Crippen LogP contribution in [0, 0.1) is 6.92 Å². The van der Waals surface area contributed by atoms with Gasteiger partial charge in [0.05, 0.1) is 5.30 Å².